The summed E-state index contributed by atoms with van der Waals surface area (Å²) < 4.78 is 32.8. The number of hydrogen-bond acceptors (Lipinski definition) is 6. The van der Waals surface area contributed by atoms with Gasteiger partial charge in [-0.3, -0.25) is 4.79 Å². The van der Waals surface area contributed by atoms with Crippen LogP contribution in [0.2, 0.25) is 0 Å². The van der Waals surface area contributed by atoms with Crippen LogP contribution in [-0.4, -0.2) is 83.0 Å². The van der Waals surface area contributed by atoms with Gasteiger partial charge in [-0.15, -0.1) is 0 Å². The van der Waals surface area contributed by atoms with Crippen LogP contribution in [0.25, 0.3) is 0 Å². The average molecular weight is 509 g/mol. The molecule has 1 heterocycles. The van der Waals surface area contributed by atoms with Gasteiger partial charge >= 0.3 is 0 Å². The fourth-order valence-electron chi connectivity index (χ4n) is 5.31. The summed E-state index contributed by atoms with van der Waals surface area (Å²) in [5.41, 5.74) is 1.28. The van der Waals surface area contributed by atoms with Crippen molar-refractivity contribution in [1.82, 2.24) is 19.8 Å². The predicted molar refractivity (Wildman–Crippen MR) is 139 cm³/mol. The van der Waals surface area contributed by atoms with E-state index in [0.717, 1.165) is 38.1 Å². The average Bonchev–Trinajstić information content (AvgIpc) is 2.82. The summed E-state index contributed by atoms with van der Waals surface area (Å²) in [5, 5.41) is 6.88. The van der Waals surface area contributed by atoms with Crippen LogP contribution in [0.3, 0.4) is 0 Å². The van der Waals surface area contributed by atoms with Gasteiger partial charge in [0.15, 0.2) is 0 Å². The lowest BCUT2D eigenvalue weighted by molar-refractivity contribution is -0.122. The fourth-order valence-corrected chi connectivity index (χ4v) is 6.89. The van der Waals surface area contributed by atoms with Crippen molar-refractivity contribution < 1.29 is 17.9 Å². The molecule has 0 aromatic heterocycles. The van der Waals surface area contributed by atoms with Gasteiger partial charge < -0.3 is 20.3 Å². The van der Waals surface area contributed by atoms with Crippen LogP contribution in [0.4, 0.5) is 0 Å². The number of ether oxygens (including phenoxy) is 1. The quantitative estimate of drug-likeness (QED) is 0.505. The first-order valence-corrected chi connectivity index (χ1v) is 14.4. The first-order chi connectivity index (χ1) is 16.6. The van der Waals surface area contributed by atoms with Crippen LogP contribution >= 0.6 is 0 Å². The Morgan fingerprint density at radius 2 is 1.63 bits per heavy atom. The summed E-state index contributed by atoms with van der Waals surface area (Å²) in [6.07, 6.45) is 6.78. The first kappa shape index (κ1) is 27.9. The molecule has 0 spiro atoms. The third-order valence-electron chi connectivity index (χ3n) is 7.62. The van der Waals surface area contributed by atoms with Crippen molar-refractivity contribution in [2.24, 2.45) is 5.92 Å². The molecule has 2 aliphatic rings. The Labute approximate surface area is 211 Å². The lowest BCUT2D eigenvalue weighted by Crippen LogP contribution is -2.44. The highest BCUT2D eigenvalue weighted by atomic mass is 32.2. The van der Waals surface area contributed by atoms with Crippen molar-refractivity contribution >= 4 is 15.9 Å². The molecule has 9 heteroatoms. The minimum Gasteiger partial charge on any atom is -0.497 e. The lowest BCUT2D eigenvalue weighted by Gasteiger charge is -2.33. The number of piperidine rings is 1. The van der Waals surface area contributed by atoms with E-state index >= 15 is 0 Å². The number of benzene rings is 1. The smallest absolute Gasteiger partial charge is 0.243 e. The normalized spacial score (nSPS) is 22.3. The number of amides is 1. The van der Waals surface area contributed by atoms with E-state index in [1.807, 2.05) is 0 Å². The van der Waals surface area contributed by atoms with Crippen molar-refractivity contribution in [3.8, 4) is 5.75 Å². The van der Waals surface area contributed by atoms with Gasteiger partial charge in [0.05, 0.1) is 12.0 Å². The minimum atomic E-state index is -3.69. The van der Waals surface area contributed by atoms with Gasteiger partial charge in [-0.25, -0.2) is 12.7 Å². The van der Waals surface area contributed by atoms with Gasteiger partial charge in [0.25, 0.3) is 0 Å². The van der Waals surface area contributed by atoms with E-state index in [2.05, 4.69) is 22.6 Å². The van der Waals surface area contributed by atoms with Crippen molar-refractivity contribution in [2.75, 3.05) is 47.4 Å². The summed E-state index contributed by atoms with van der Waals surface area (Å²) in [5.74, 6) is 1.33. The summed E-state index contributed by atoms with van der Waals surface area (Å²) in [4.78, 5) is 15.3. The molecule has 0 bridgehead atoms. The molecular formula is C26H44N4O4S. The Morgan fingerprint density at radius 3 is 2.20 bits per heavy atom. The van der Waals surface area contributed by atoms with Crippen LogP contribution in [0.5, 0.6) is 5.75 Å². The van der Waals surface area contributed by atoms with Crippen LogP contribution in [0, 0.1) is 19.8 Å². The first-order valence-electron chi connectivity index (χ1n) is 12.9. The zero-order valence-corrected chi connectivity index (χ0v) is 22.9. The third kappa shape index (κ3) is 7.65. The molecule has 2 fully saturated rings. The van der Waals surface area contributed by atoms with E-state index in [1.54, 1.807) is 33.1 Å². The number of methoxy groups -OCH3 is 1. The molecule has 1 saturated carbocycles. The molecule has 8 nitrogen and oxygen atoms in total. The number of carbonyl (C=O) groups is 1. The number of carbonyl (C=O) groups excluding carboxylic acids is 1. The molecule has 35 heavy (non-hydrogen) atoms. The summed E-state index contributed by atoms with van der Waals surface area (Å²) in [7, 11) is 1.60. The number of rotatable bonds is 10. The highest BCUT2D eigenvalue weighted by Gasteiger charge is 2.27. The van der Waals surface area contributed by atoms with Crippen molar-refractivity contribution in [1.29, 1.82) is 0 Å². The molecule has 1 saturated heterocycles. The monoisotopic (exact) mass is 508 g/mol. The molecule has 0 unspecified atom stereocenters. The molecule has 198 valence electrons. The molecule has 1 amide bonds. The Morgan fingerprint density at radius 1 is 1.06 bits per heavy atom. The second-order valence-corrected chi connectivity index (χ2v) is 12.4. The zero-order valence-electron chi connectivity index (χ0n) is 22.1. The molecule has 2 N–H and O–H groups in total. The maximum Gasteiger partial charge on any atom is 0.243 e. The second kappa shape index (κ2) is 12.5. The molecule has 1 aliphatic heterocycles. The Hall–Kier alpha value is -1.68. The van der Waals surface area contributed by atoms with Crippen LogP contribution < -0.4 is 15.4 Å². The second-order valence-electron chi connectivity index (χ2n) is 10.4. The van der Waals surface area contributed by atoms with Crippen molar-refractivity contribution in [2.45, 2.75) is 75.8 Å². The standard InChI is InChI=1S/C26H44N4O4S/c1-19-16-24(34-5)17-20(2)26(19)35(32,33)30(4)15-12-25(31)28-23-8-6-22(7-9-23)27-18-21-10-13-29(3)14-11-21/h16-17,21-23,27H,6-15,18H2,1-5H3,(H,28,31). The maximum atomic E-state index is 13.1. The van der Waals surface area contributed by atoms with E-state index in [0.29, 0.717) is 22.9 Å². The summed E-state index contributed by atoms with van der Waals surface area (Å²) in [6, 6.07) is 4.16. The van der Waals surface area contributed by atoms with Gasteiger partial charge in [-0.05, 0) is 108 Å². The molecule has 1 aliphatic carbocycles. The predicted octanol–water partition coefficient (Wildman–Crippen LogP) is 2.68. The van der Waals surface area contributed by atoms with Crippen LogP contribution in [0.1, 0.15) is 56.1 Å². The molecular weight excluding hydrogens is 464 g/mol. The fraction of sp³-hybridized carbons (Fsp3) is 0.731. The topological polar surface area (TPSA) is 91.0 Å². The Kier molecular flexibility index (Phi) is 9.98. The SMILES string of the molecule is COc1cc(C)c(S(=O)(=O)N(C)CCC(=O)NC2CCC(NCC3CCN(C)CC3)CC2)c(C)c1. The van der Waals surface area contributed by atoms with Crippen LogP contribution in [0.15, 0.2) is 17.0 Å². The summed E-state index contributed by atoms with van der Waals surface area (Å²) in [6.45, 7) is 7.17. The van der Waals surface area contributed by atoms with Crippen molar-refractivity contribution in [3.63, 3.8) is 0 Å². The largest absolute Gasteiger partial charge is 0.497 e. The Bertz CT molecular complexity index is 929. The number of hydrogen-bond donors (Lipinski definition) is 2. The molecule has 0 radical (unpaired) electrons. The minimum absolute atomic E-state index is 0.0852. The van der Waals surface area contributed by atoms with Crippen molar-refractivity contribution in [3.05, 3.63) is 23.3 Å². The van der Waals surface area contributed by atoms with E-state index in [1.165, 1.54) is 37.3 Å². The van der Waals surface area contributed by atoms with Gasteiger partial charge in [0, 0.05) is 32.1 Å². The number of nitrogens with one attached hydrogen (secondary N) is 2. The van der Waals surface area contributed by atoms with Gasteiger partial charge in [0.2, 0.25) is 15.9 Å². The van der Waals surface area contributed by atoms with Gasteiger partial charge in [0.1, 0.15) is 5.75 Å². The van der Waals surface area contributed by atoms with Gasteiger partial charge in [-0.2, -0.15) is 0 Å². The molecule has 3 rings (SSSR count). The maximum absolute atomic E-state index is 13.1. The molecule has 0 atom stereocenters. The number of likely N-dealkylation sites (tertiary alicyclic amines) is 1. The third-order valence-corrected chi connectivity index (χ3v) is 9.78. The van der Waals surface area contributed by atoms with E-state index in [4.69, 9.17) is 4.74 Å². The lowest BCUT2D eigenvalue weighted by atomic mass is 9.90. The van der Waals surface area contributed by atoms with E-state index in [-0.39, 0.29) is 29.8 Å². The summed E-state index contributed by atoms with van der Waals surface area (Å²) >= 11 is 0. The number of aryl methyl sites for hydroxylation is 2. The number of sulfonamides is 1. The molecule has 1 aromatic rings. The van der Waals surface area contributed by atoms with E-state index < -0.39 is 10.0 Å². The highest BCUT2D eigenvalue weighted by Crippen LogP contribution is 2.28. The highest BCUT2D eigenvalue weighted by molar-refractivity contribution is 7.89. The van der Waals surface area contributed by atoms with Gasteiger partial charge in [-0.1, -0.05) is 0 Å². The number of nitrogens with zero attached hydrogens (tertiary/aromatic N) is 2. The molecule has 1 aromatic carbocycles. The zero-order chi connectivity index (χ0) is 25.6. The van der Waals surface area contributed by atoms with Crippen LogP contribution in [-0.2, 0) is 14.8 Å². The van der Waals surface area contributed by atoms with E-state index in [9.17, 15) is 13.2 Å². The Balaban J connectivity index is 1.40.